The molecule has 0 aliphatic carbocycles. The molecule has 3 N–H and O–H groups in total. The minimum absolute atomic E-state index is 0.0850. The summed E-state index contributed by atoms with van der Waals surface area (Å²) in [6.45, 7) is 5.78. The first-order chi connectivity index (χ1) is 12.2. The molecule has 2 aromatic carbocycles. The van der Waals surface area contributed by atoms with Crippen molar-refractivity contribution in [3.63, 3.8) is 0 Å². The first kappa shape index (κ1) is 18.0. The summed E-state index contributed by atoms with van der Waals surface area (Å²) in [5, 5.41) is 3.05. The van der Waals surface area contributed by atoms with Crippen molar-refractivity contribution in [1.29, 1.82) is 0 Å². The normalized spacial score (nSPS) is 15.1. The number of anilines is 1. The second-order valence-corrected chi connectivity index (χ2v) is 7.56. The van der Waals surface area contributed by atoms with Crippen molar-refractivity contribution in [3.8, 4) is 0 Å². The maximum Gasteiger partial charge on any atom is 0.255 e. The number of carbonyl (C=O) groups excluding carboxylic acids is 1. The number of hydrogen-bond acceptors (Lipinski definition) is 4. The predicted molar refractivity (Wildman–Crippen MR) is 106 cm³/mol. The molecule has 4 nitrogen and oxygen atoms in total. The van der Waals surface area contributed by atoms with E-state index in [4.69, 9.17) is 5.73 Å². The van der Waals surface area contributed by atoms with Gasteiger partial charge in [-0.3, -0.25) is 9.69 Å². The number of rotatable bonds is 5. The van der Waals surface area contributed by atoms with Crippen LogP contribution in [0.4, 0.5) is 5.69 Å². The van der Waals surface area contributed by atoms with Crippen LogP contribution in [0.25, 0.3) is 0 Å². The van der Waals surface area contributed by atoms with Crippen molar-refractivity contribution < 1.29 is 4.79 Å². The first-order valence-corrected chi connectivity index (χ1v) is 9.82. The fourth-order valence-corrected chi connectivity index (χ4v) is 3.96. The van der Waals surface area contributed by atoms with E-state index >= 15 is 0 Å². The summed E-state index contributed by atoms with van der Waals surface area (Å²) in [7, 11) is 0. The third-order valence-electron chi connectivity index (χ3n) is 4.64. The summed E-state index contributed by atoms with van der Waals surface area (Å²) in [6.07, 6.45) is 0. The van der Waals surface area contributed by atoms with Gasteiger partial charge in [0, 0.05) is 48.9 Å². The average Bonchev–Trinajstić information content (AvgIpc) is 2.66. The van der Waals surface area contributed by atoms with Crippen molar-refractivity contribution in [2.24, 2.45) is 5.73 Å². The van der Waals surface area contributed by atoms with Crippen LogP contribution in [0.3, 0.4) is 0 Å². The smallest absolute Gasteiger partial charge is 0.255 e. The van der Waals surface area contributed by atoms with Crippen LogP contribution in [0.1, 0.15) is 27.0 Å². The molecule has 3 rings (SSSR count). The summed E-state index contributed by atoms with van der Waals surface area (Å²) in [5.74, 6) is 2.32. The largest absolute Gasteiger partial charge is 0.326 e. The maximum absolute atomic E-state index is 12.5. The van der Waals surface area contributed by atoms with Crippen molar-refractivity contribution in [1.82, 2.24) is 4.90 Å². The highest BCUT2D eigenvalue weighted by atomic mass is 32.2. The van der Waals surface area contributed by atoms with E-state index in [-0.39, 0.29) is 5.91 Å². The molecule has 0 aromatic heterocycles. The van der Waals surface area contributed by atoms with Gasteiger partial charge in [0.1, 0.15) is 0 Å². The lowest BCUT2D eigenvalue weighted by atomic mass is 10.1. The molecule has 0 spiro atoms. The van der Waals surface area contributed by atoms with Gasteiger partial charge in [0.2, 0.25) is 0 Å². The Morgan fingerprint density at radius 3 is 2.56 bits per heavy atom. The Bertz CT molecular complexity index is 724. The van der Waals surface area contributed by atoms with Crippen LogP contribution in [-0.2, 0) is 13.1 Å². The van der Waals surface area contributed by atoms with Crippen LogP contribution in [-0.4, -0.2) is 35.4 Å². The molecular formula is C20H25N3OS. The molecule has 1 fully saturated rings. The zero-order valence-corrected chi connectivity index (χ0v) is 15.4. The monoisotopic (exact) mass is 355 g/mol. The van der Waals surface area contributed by atoms with E-state index in [0.717, 1.165) is 36.4 Å². The van der Waals surface area contributed by atoms with Gasteiger partial charge in [0.05, 0.1) is 0 Å². The molecule has 0 saturated carbocycles. The molecule has 1 saturated heterocycles. The second-order valence-electron chi connectivity index (χ2n) is 6.33. The fourth-order valence-electron chi connectivity index (χ4n) is 2.98. The fraction of sp³-hybridized carbons (Fsp3) is 0.350. The Morgan fingerprint density at radius 2 is 1.88 bits per heavy atom. The van der Waals surface area contributed by atoms with Gasteiger partial charge in [-0.15, -0.1) is 0 Å². The van der Waals surface area contributed by atoms with Gasteiger partial charge in [0.25, 0.3) is 5.91 Å². The Hall–Kier alpha value is -1.82. The molecule has 5 heteroatoms. The van der Waals surface area contributed by atoms with Gasteiger partial charge >= 0.3 is 0 Å². The van der Waals surface area contributed by atoms with Crippen molar-refractivity contribution in [2.75, 3.05) is 29.9 Å². The van der Waals surface area contributed by atoms with Crippen LogP contribution in [0.5, 0.6) is 0 Å². The standard InChI is InChI=1S/C20H25N3OS/c1-15-18(14-23-9-11-25-12-10-23)3-2-4-19(15)22-20(24)17-7-5-16(13-21)6-8-17/h2-8H,9-14,21H2,1H3,(H,22,24). The van der Waals surface area contributed by atoms with Gasteiger partial charge < -0.3 is 11.1 Å². The lowest BCUT2D eigenvalue weighted by molar-refractivity contribution is 0.102. The lowest BCUT2D eigenvalue weighted by Crippen LogP contribution is -2.32. The van der Waals surface area contributed by atoms with E-state index in [9.17, 15) is 4.79 Å². The van der Waals surface area contributed by atoms with Crippen LogP contribution in [0.15, 0.2) is 42.5 Å². The third kappa shape index (κ3) is 4.63. The predicted octanol–water partition coefficient (Wildman–Crippen LogP) is 3.25. The van der Waals surface area contributed by atoms with E-state index in [0.29, 0.717) is 12.1 Å². The highest BCUT2D eigenvalue weighted by Gasteiger charge is 2.14. The minimum Gasteiger partial charge on any atom is -0.326 e. The van der Waals surface area contributed by atoms with Crippen LogP contribution < -0.4 is 11.1 Å². The van der Waals surface area contributed by atoms with E-state index in [1.54, 1.807) is 0 Å². The van der Waals surface area contributed by atoms with Gasteiger partial charge in [-0.2, -0.15) is 11.8 Å². The number of nitrogens with one attached hydrogen (secondary N) is 1. The highest BCUT2D eigenvalue weighted by Crippen LogP contribution is 2.22. The molecule has 132 valence electrons. The molecular weight excluding hydrogens is 330 g/mol. The maximum atomic E-state index is 12.5. The lowest BCUT2D eigenvalue weighted by Gasteiger charge is -2.27. The number of hydrogen-bond donors (Lipinski definition) is 2. The van der Waals surface area contributed by atoms with Gasteiger partial charge in [-0.05, 0) is 41.8 Å². The summed E-state index contributed by atoms with van der Waals surface area (Å²) in [5.41, 5.74) is 10.6. The molecule has 1 heterocycles. The number of carbonyl (C=O) groups is 1. The van der Waals surface area contributed by atoms with Crippen molar-refractivity contribution in [3.05, 3.63) is 64.7 Å². The molecule has 0 atom stereocenters. The third-order valence-corrected chi connectivity index (χ3v) is 5.59. The van der Waals surface area contributed by atoms with E-state index in [1.165, 1.54) is 17.1 Å². The molecule has 1 aliphatic heterocycles. The minimum atomic E-state index is -0.0850. The first-order valence-electron chi connectivity index (χ1n) is 8.66. The van der Waals surface area contributed by atoms with Crippen molar-refractivity contribution >= 4 is 23.4 Å². The summed E-state index contributed by atoms with van der Waals surface area (Å²) in [4.78, 5) is 15.0. The number of amides is 1. The molecule has 2 aromatic rings. The van der Waals surface area contributed by atoms with Gasteiger partial charge in [0.15, 0.2) is 0 Å². The van der Waals surface area contributed by atoms with E-state index in [1.807, 2.05) is 48.2 Å². The Morgan fingerprint density at radius 1 is 1.16 bits per heavy atom. The Balaban J connectivity index is 1.71. The quantitative estimate of drug-likeness (QED) is 0.864. The van der Waals surface area contributed by atoms with Crippen LogP contribution >= 0.6 is 11.8 Å². The number of nitrogens with two attached hydrogens (primary N) is 1. The van der Waals surface area contributed by atoms with E-state index < -0.39 is 0 Å². The van der Waals surface area contributed by atoms with Gasteiger partial charge in [-0.1, -0.05) is 24.3 Å². The van der Waals surface area contributed by atoms with Crippen LogP contribution in [0, 0.1) is 6.92 Å². The molecule has 1 aliphatic rings. The molecule has 0 bridgehead atoms. The molecule has 0 unspecified atom stereocenters. The topological polar surface area (TPSA) is 58.4 Å². The van der Waals surface area contributed by atoms with Crippen LogP contribution in [0.2, 0.25) is 0 Å². The zero-order valence-electron chi connectivity index (χ0n) is 14.6. The SMILES string of the molecule is Cc1c(CN2CCSCC2)cccc1NC(=O)c1ccc(CN)cc1. The summed E-state index contributed by atoms with van der Waals surface area (Å²) in [6, 6.07) is 13.6. The number of nitrogens with zero attached hydrogens (tertiary/aromatic N) is 1. The molecule has 0 radical (unpaired) electrons. The summed E-state index contributed by atoms with van der Waals surface area (Å²) < 4.78 is 0. The number of thioether (sulfide) groups is 1. The highest BCUT2D eigenvalue weighted by molar-refractivity contribution is 7.99. The summed E-state index contributed by atoms with van der Waals surface area (Å²) >= 11 is 2.02. The van der Waals surface area contributed by atoms with Crippen molar-refractivity contribution in [2.45, 2.75) is 20.0 Å². The number of benzene rings is 2. The second kappa shape index (κ2) is 8.52. The average molecular weight is 356 g/mol. The Kier molecular flexibility index (Phi) is 6.13. The Labute approximate surface area is 153 Å². The van der Waals surface area contributed by atoms with E-state index in [2.05, 4.69) is 23.2 Å². The zero-order chi connectivity index (χ0) is 17.6. The molecule has 1 amide bonds. The molecule has 25 heavy (non-hydrogen) atoms. The van der Waals surface area contributed by atoms with Gasteiger partial charge in [-0.25, -0.2) is 0 Å².